The van der Waals surface area contributed by atoms with Gasteiger partial charge >= 0.3 is 0 Å². The average Bonchev–Trinajstić information content (AvgIpc) is 2.79. The molecule has 0 bridgehead atoms. The van der Waals surface area contributed by atoms with Crippen molar-refractivity contribution in [3.05, 3.63) is 15.9 Å². The van der Waals surface area contributed by atoms with E-state index in [1.165, 1.54) is 18.9 Å². The molecule has 1 amide bonds. The largest absolute Gasteiger partial charge is 0.274 e. The molecule has 2 fully saturated rings. The first-order chi connectivity index (χ1) is 8.95. The molecule has 0 spiro atoms. The van der Waals surface area contributed by atoms with Gasteiger partial charge in [0.1, 0.15) is 4.21 Å². The van der Waals surface area contributed by atoms with E-state index in [1.54, 1.807) is 5.38 Å². The van der Waals surface area contributed by atoms with E-state index in [0.29, 0.717) is 22.7 Å². The molecule has 3 unspecified atom stereocenters. The van der Waals surface area contributed by atoms with Crippen LogP contribution in [0.5, 0.6) is 0 Å². The number of fused-ring (bicyclic) bond motifs is 1. The van der Waals surface area contributed by atoms with Gasteiger partial charge < -0.3 is 0 Å². The summed E-state index contributed by atoms with van der Waals surface area (Å²) in [7, 11) is -3.70. The van der Waals surface area contributed by atoms with Crippen LogP contribution in [0.25, 0.3) is 0 Å². The zero-order chi connectivity index (χ0) is 13.6. The number of rotatable bonds is 4. The molecule has 1 aromatic rings. The second-order valence-electron chi connectivity index (χ2n) is 5.31. The Morgan fingerprint density at radius 1 is 1.47 bits per heavy atom. The standard InChI is InChI=1S/C12H14BrNO3S2/c13-9-5-12(18-6-9)19(16,17)14-11(15)4-8-2-1-7-3-10(7)8/h5-8,10H,1-4H2,(H,14,15). The first-order valence-electron chi connectivity index (χ1n) is 6.25. The quantitative estimate of drug-likeness (QED) is 0.894. The number of hydrogen-bond donors (Lipinski definition) is 1. The van der Waals surface area contributed by atoms with Gasteiger partial charge in [-0.2, -0.15) is 0 Å². The molecule has 19 heavy (non-hydrogen) atoms. The number of carbonyl (C=O) groups excluding carboxylic acids is 1. The molecule has 0 aliphatic heterocycles. The summed E-state index contributed by atoms with van der Waals surface area (Å²) in [5.41, 5.74) is 0. The minimum absolute atomic E-state index is 0.170. The second-order valence-corrected chi connectivity index (χ2v) is 9.05. The average molecular weight is 364 g/mol. The van der Waals surface area contributed by atoms with Crippen LogP contribution in [0.2, 0.25) is 0 Å². The topological polar surface area (TPSA) is 63.2 Å². The zero-order valence-electron chi connectivity index (χ0n) is 10.1. The third-order valence-corrected chi connectivity index (χ3v) is 7.57. The lowest BCUT2D eigenvalue weighted by molar-refractivity contribution is -0.120. The first kappa shape index (κ1) is 13.6. The van der Waals surface area contributed by atoms with E-state index in [2.05, 4.69) is 20.7 Å². The fourth-order valence-electron chi connectivity index (χ4n) is 2.99. The summed E-state index contributed by atoms with van der Waals surface area (Å²) in [6.45, 7) is 0. The van der Waals surface area contributed by atoms with Crippen LogP contribution in [0.15, 0.2) is 20.1 Å². The molecule has 4 nitrogen and oxygen atoms in total. The van der Waals surface area contributed by atoms with Crippen LogP contribution in [0.3, 0.4) is 0 Å². The van der Waals surface area contributed by atoms with Crippen LogP contribution in [0.1, 0.15) is 25.7 Å². The Morgan fingerprint density at radius 2 is 2.26 bits per heavy atom. The number of thiophene rings is 1. The van der Waals surface area contributed by atoms with E-state index >= 15 is 0 Å². The van der Waals surface area contributed by atoms with E-state index in [1.807, 2.05) is 0 Å². The number of nitrogens with one attached hydrogen (secondary N) is 1. The normalized spacial score (nSPS) is 29.0. The van der Waals surface area contributed by atoms with Crippen molar-refractivity contribution in [2.24, 2.45) is 17.8 Å². The molecule has 2 aliphatic rings. The minimum Gasteiger partial charge on any atom is -0.274 e. The number of halogens is 1. The van der Waals surface area contributed by atoms with Crippen LogP contribution in [-0.4, -0.2) is 14.3 Å². The molecular formula is C12H14BrNO3S2. The van der Waals surface area contributed by atoms with E-state index in [4.69, 9.17) is 0 Å². The van der Waals surface area contributed by atoms with Gasteiger partial charge in [0.15, 0.2) is 0 Å². The minimum atomic E-state index is -3.70. The Kier molecular flexibility index (Phi) is 3.47. The summed E-state index contributed by atoms with van der Waals surface area (Å²) in [6, 6.07) is 1.51. The monoisotopic (exact) mass is 363 g/mol. The predicted molar refractivity (Wildman–Crippen MR) is 76.3 cm³/mol. The third kappa shape index (κ3) is 2.87. The Balaban J connectivity index is 1.62. The van der Waals surface area contributed by atoms with Crippen LogP contribution in [0, 0.1) is 17.8 Å². The van der Waals surface area contributed by atoms with Crippen molar-refractivity contribution in [3.63, 3.8) is 0 Å². The summed E-state index contributed by atoms with van der Waals surface area (Å²) >= 11 is 4.31. The number of carbonyl (C=O) groups is 1. The fourth-order valence-corrected chi connectivity index (χ4v) is 5.84. The van der Waals surface area contributed by atoms with Crippen molar-refractivity contribution >= 4 is 43.2 Å². The maximum atomic E-state index is 12.0. The van der Waals surface area contributed by atoms with Crippen molar-refractivity contribution in [3.8, 4) is 0 Å². The Hall–Kier alpha value is -0.400. The maximum absolute atomic E-state index is 12.0. The zero-order valence-corrected chi connectivity index (χ0v) is 13.4. The van der Waals surface area contributed by atoms with Crippen LogP contribution in [-0.2, 0) is 14.8 Å². The number of sulfonamides is 1. The molecule has 2 saturated carbocycles. The van der Waals surface area contributed by atoms with Crippen LogP contribution >= 0.6 is 27.3 Å². The molecule has 2 aliphatic carbocycles. The highest BCUT2D eigenvalue weighted by molar-refractivity contribution is 9.10. The van der Waals surface area contributed by atoms with E-state index in [0.717, 1.165) is 23.7 Å². The molecule has 0 radical (unpaired) electrons. The summed E-state index contributed by atoms with van der Waals surface area (Å²) in [6.07, 6.45) is 3.83. The highest BCUT2D eigenvalue weighted by atomic mass is 79.9. The van der Waals surface area contributed by atoms with Crippen molar-refractivity contribution in [2.75, 3.05) is 0 Å². The molecule has 3 rings (SSSR count). The summed E-state index contributed by atoms with van der Waals surface area (Å²) in [4.78, 5) is 11.9. The molecule has 0 aromatic carbocycles. The van der Waals surface area contributed by atoms with Crippen molar-refractivity contribution in [1.29, 1.82) is 0 Å². The summed E-state index contributed by atoms with van der Waals surface area (Å²) in [5, 5.41) is 1.69. The SMILES string of the molecule is O=C(CC1CCC2CC12)NS(=O)(=O)c1cc(Br)cs1. The molecule has 1 heterocycles. The van der Waals surface area contributed by atoms with Gasteiger partial charge in [0.25, 0.3) is 10.0 Å². The second kappa shape index (κ2) is 4.86. The maximum Gasteiger partial charge on any atom is 0.273 e. The smallest absolute Gasteiger partial charge is 0.273 e. The Labute approximate surface area is 124 Å². The lowest BCUT2D eigenvalue weighted by atomic mass is 9.99. The highest BCUT2D eigenvalue weighted by Crippen LogP contribution is 2.56. The van der Waals surface area contributed by atoms with Gasteiger partial charge in [0.05, 0.1) is 0 Å². The summed E-state index contributed by atoms with van der Waals surface area (Å²) in [5.74, 6) is 1.49. The van der Waals surface area contributed by atoms with Gasteiger partial charge in [0, 0.05) is 16.3 Å². The van der Waals surface area contributed by atoms with Crippen molar-refractivity contribution < 1.29 is 13.2 Å². The molecular weight excluding hydrogens is 350 g/mol. The lowest BCUT2D eigenvalue weighted by Gasteiger charge is -2.11. The molecule has 1 aromatic heterocycles. The number of hydrogen-bond acceptors (Lipinski definition) is 4. The molecule has 1 N–H and O–H groups in total. The highest BCUT2D eigenvalue weighted by Gasteiger charge is 2.48. The van der Waals surface area contributed by atoms with Gasteiger partial charge in [-0.15, -0.1) is 11.3 Å². The first-order valence-corrected chi connectivity index (χ1v) is 9.41. The summed E-state index contributed by atoms with van der Waals surface area (Å²) < 4.78 is 27.0. The van der Waals surface area contributed by atoms with Gasteiger partial charge in [0.2, 0.25) is 5.91 Å². The fraction of sp³-hybridized carbons (Fsp3) is 0.583. The third-order valence-electron chi connectivity index (χ3n) is 4.00. The van der Waals surface area contributed by atoms with E-state index in [9.17, 15) is 13.2 Å². The van der Waals surface area contributed by atoms with E-state index < -0.39 is 10.0 Å². The van der Waals surface area contributed by atoms with E-state index in [-0.39, 0.29) is 10.1 Å². The Morgan fingerprint density at radius 3 is 2.79 bits per heavy atom. The van der Waals surface area contributed by atoms with Crippen LogP contribution in [0.4, 0.5) is 0 Å². The molecule has 7 heteroatoms. The van der Waals surface area contributed by atoms with Crippen LogP contribution < -0.4 is 4.72 Å². The van der Waals surface area contributed by atoms with Gasteiger partial charge in [-0.25, -0.2) is 13.1 Å². The molecule has 104 valence electrons. The molecule has 0 saturated heterocycles. The van der Waals surface area contributed by atoms with Gasteiger partial charge in [-0.05, 0) is 59.0 Å². The van der Waals surface area contributed by atoms with Crippen molar-refractivity contribution in [2.45, 2.75) is 29.9 Å². The number of amides is 1. The Bertz CT molecular complexity index is 610. The van der Waals surface area contributed by atoms with Gasteiger partial charge in [-0.3, -0.25) is 4.79 Å². The lowest BCUT2D eigenvalue weighted by Crippen LogP contribution is -2.31. The predicted octanol–water partition coefficient (Wildman–Crippen LogP) is 2.75. The van der Waals surface area contributed by atoms with Crippen molar-refractivity contribution in [1.82, 2.24) is 4.72 Å². The van der Waals surface area contributed by atoms with Gasteiger partial charge in [-0.1, -0.05) is 0 Å². The molecule has 3 atom stereocenters.